The number of ketones is 1. The molecule has 168 valence electrons. The Balaban J connectivity index is 1.76. The number of aryl methyl sites for hydroxylation is 1. The number of Topliss-reactive ketones (excluding diaryl/α,β-unsaturated/α-hetero) is 1. The Kier molecular flexibility index (Phi) is 6.61. The number of nitrogens with zero attached hydrogens (tertiary/aromatic N) is 2. The first-order valence-corrected chi connectivity index (χ1v) is 11.4. The molecule has 0 saturated carbocycles. The minimum Gasteiger partial charge on any atom is -0.507 e. The number of carbonyl (C=O) groups is 2. The van der Waals surface area contributed by atoms with Crippen molar-refractivity contribution in [2.75, 3.05) is 32.8 Å². The largest absolute Gasteiger partial charge is 0.507 e. The normalized spacial score (nSPS) is 19.8. The number of hydrogen-bond donors (Lipinski definition) is 1. The second kappa shape index (κ2) is 9.57. The molecule has 2 heterocycles. The number of ether oxygens (including phenoxy) is 1. The molecule has 0 bridgehead atoms. The van der Waals surface area contributed by atoms with Crippen LogP contribution in [-0.4, -0.2) is 59.4 Å². The van der Waals surface area contributed by atoms with Crippen LogP contribution >= 0.6 is 0 Å². The van der Waals surface area contributed by atoms with Gasteiger partial charge >= 0.3 is 0 Å². The maximum absolute atomic E-state index is 13.1. The molecule has 1 amide bonds. The highest BCUT2D eigenvalue weighted by molar-refractivity contribution is 6.46. The SMILES string of the molecule is CCN(CC)CCN1C(=O)C(=O)/C(=C(\O)c2ccc3c(c2)CCCO3)C1c1ccccc1. The second-order valence-electron chi connectivity index (χ2n) is 8.20. The van der Waals surface area contributed by atoms with Gasteiger partial charge in [0.25, 0.3) is 11.7 Å². The monoisotopic (exact) mass is 434 g/mol. The van der Waals surface area contributed by atoms with Crippen LogP contribution in [0.2, 0.25) is 0 Å². The van der Waals surface area contributed by atoms with Crippen molar-refractivity contribution >= 4 is 17.4 Å². The van der Waals surface area contributed by atoms with Gasteiger partial charge < -0.3 is 19.6 Å². The lowest BCUT2D eigenvalue weighted by atomic mass is 9.94. The van der Waals surface area contributed by atoms with Crippen molar-refractivity contribution in [2.45, 2.75) is 32.7 Å². The Morgan fingerprint density at radius 1 is 1.12 bits per heavy atom. The van der Waals surface area contributed by atoms with Crippen LogP contribution in [0, 0.1) is 0 Å². The number of hydrogen-bond acceptors (Lipinski definition) is 5. The summed E-state index contributed by atoms with van der Waals surface area (Å²) >= 11 is 0. The van der Waals surface area contributed by atoms with Crippen molar-refractivity contribution in [2.24, 2.45) is 0 Å². The van der Waals surface area contributed by atoms with Gasteiger partial charge in [0.15, 0.2) is 0 Å². The summed E-state index contributed by atoms with van der Waals surface area (Å²) in [6, 6.07) is 14.3. The maximum Gasteiger partial charge on any atom is 0.295 e. The zero-order valence-electron chi connectivity index (χ0n) is 18.7. The molecule has 6 heteroatoms. The number of carbonyl (C=O) groups excluding carboxylic acids is 2. The molecular formula is C26H30N2O4. The molecule has 1 N–H and O–H groups in total. The number of benzene rings is 2. The van der Waals surface area contributed by atoms with Gasteiger partial charge in [0.05, 0.1) is 18.2 Å². The summed E-state index contributed by atoms with van der Waals surface area (Å²) in [6.07, 6.45) is 1.77. The molecular weight excluding hydrogens is 404 g/mol. The summed E-state index contributed by atoms with van der Waals surface area (Å²) in [4.78, 5) is 30.0. The quantitative estimate of drug-likeness (QED) is 0.408. The zero-order chi connectivity index (χ0) is 22.7. The van der Waals surface area contributed by atoms with E-state index in [-0.39, 0.29) is 11.3 Å². The van der Waals surface area contributed by atoms with E-state index in [0.29, 0.717) is 25.3 Å². The van der Waals surface area contributed by atoms with Gasteiger partial charge in [-0.2, -0.15) is 0 Å². The lowest BCUT2D eigenvalue weighted by molar-refractivity contribution is -0.140. The molecule has 2 aliphatic heterocycles. The van der Waals surface area contributed by atoms with E-state index in [9.17, 15) is 14.7 Å². The van der Waals surface area contributed by atoms with Gasteiger partial charge in [0.1, 0.15) is 11.5 Å². The molecule has 1 fully saturated rings. The van der Waals surface area contributed by atoms with Crippen LogP contribution in [0.3, 0.4) is 0 Å². The molecule has 6 nitrogen and oxygen atoms in total. The predicted molar refractivity (Wildman–Crippen MR) is 123 cm³/mol. The maximum atomic E-state index is 13.1. The summed E-state index contributed by atoms with van der Waals surface area (Å²) in [5.41, 5.74) is 2.51. The highest BCUT2D eigenvalue weighted by Gasteiger charge is 2.45. The van der Waals surface area contributed by atoms with Crippen LogP contribution in [0.25, 0.3) is 5.76 Å². The Hall–Kier alpha value is -3.12. The molecule has 1 saturated heterocycles. The molecule has 0 radical (unpaired) electrons. The van der Waals surface area contributed by atoms with Crippen molar-refractivity contribution in [1.82, 2.24) is 9.80 Å². The molecule has 32 heavy (non-hydrogen) atoms. The van der Waals surface area contributed by atoms with Gasteiger partial charge in [-0.15, -0.1) is 0 Å². The van der Waals surface area contributed by atoms with Gasteiger partial charge in [0.2, 0.25) is 0 Å². The average Bonchev–Trinajstić information content (AvgIpc) is 3.09. The zero-order valence-corrected chi connectivity index (χ0v) is 18.7. The fraction of sp³-hybridized carbons (Fsp3) is 0.385. The Bertz CT molecular complexity index is 1030. The smallest absolute Gasteiger partial charge is 0.295 e. The van der Waals surface area contributed by atoms with Crippen LogP contribution in [0.1, 0.15) is 43.0 Å². The second-order valence-corrected chi connectivity index (χ2v) is 8.20. The highest BCUT2D eigenvalue weighted by atomic mass is 16.5. The number of likely N-dealkylation sites (tertiary alicyclic amines) is 1. The van der Waals surface area contributed by atoms with Crippen LogP contribution < -0.4 is 4.74 Å². The van der Waals surface area contributed by atoms with Gasteiger partial charge in [-0.05, 0) is 55.3 Å². The topological polar surface area (TPSA) is 70.1 Å². The first-order valence-electron chi connectivity index (χ1n) is 11.4. The molecule has 4 rings (SSSR count). The van der Waals surface area contributed by atoms with Gasteiger partial charge in [-0.1, -0.05) is 44.2 Å². The third kappa shape index (κ3) is 4.15. The summed E-state index contributed by atoms with van der Waals surface area (Å²) in [5, 5.41) is 11.3. The van der Waals surface area contributed by atoms with Crippen LogP contribution in [0.4, 0.5) is 0 Å². The lowest BCUT2D eigenvalue weighted by Crippen LogP contribution is -2.38. The van der Waals surface area contributed by atoms with Crippen molar-refractivity contribution in [3.63, 3.8) is 0 Å². The lowest BCUT2D eigenvalue weighted by Gasteiger charge is -2.28. The number of rotatable bonds is 7. The molecule has 0 aromatic heterocycles. The van der Waals surface area contributed by atoms with Crippen LogP contribution in [-0.2, 0) is 16.0 Å². The van der Waals surface area contributed by atoms with Crippen molar-refractivity contribution in [3.8, 4) is 5.75 Å². The standard InChI is InChI=1S/C26H30N2O4/c1-3-27(4-2)14-15-28-23(18-9-6-5-7-10-18)22(25(30)26(28)31)24(29)20-12-13-21-19(17-20)11-8-16-32-21/h5-7,9-10,12-13,17,23,29H,3-4,8,11,14-16H2,1-2H3/b24-22-. The minimum absolute atomic E-state index is 0.129. The molecule has 0 spiro atoms. The molecule has 1 unspecified atom stereocenters. The van der Waals surface area contributed by atoms with Gasteiger partial charge in [-0.25, -0.2) is 0 Å². The average molecular weight is 435 g/mol. The van der Waals surface area contributed by atoms with Gasteiger partial charge in [0, 0.05) is 18.7 Å². The van der Waals surface area contributed by atoms with Crippen molar-refractivity contribution < 1.29 is 19.4 Å². The summed E-state index contributed by atoms with van der Waals surface area (Å²) in [7, 11) is 0. The third-order valence-electron chi connectivity index (χ3n) is 6.39. The summed E-state index contributed by atoms with van der Waals surface area (Å²) in [6.45, 7) is 7.66. The van der Waals surface area contributed by atoms with E-state index in [1.807, 2.05) is 42.5 Å². The van der Waals surface area contributed by atoms with E-state index in [2.05, 4.69) is 18.7 Å². The van der Waals surface area contributed by atoms with Crippen molar-refractivity contribution in [3.05, 3.63) is 70.8 Å². The summed E-state index contributed by atoms with van der Waals surface area (Å²) in [5.74, 6) is -0.512. The van der Waals surface area contributed by atoms with Crippen LogP contribution in [0.15, 0.2) is 54.1 Å². The fourth-order valence-corrected chi connectivity index (χ4v) is 4.54. The first-order chi connectivity index (χ1) is 15.5. The van der Waals surface area contributed by atoms with Crippen LogP contribution in [0.5, 0.6) is 5.75 Å². The van der Waals surface area contributed by atoms with Gasteiger partial charge in [-0.3, -0.25) is 9.59 Å². The highest BCUT2D eigenvalue weighted by Crippen LogP contribution is 2.40. The first kappa shape index (κ1) is 22.1. The minimum atomic E-state index is -0.634. The fourth-order valence-electron chi connectivity index (χ4n) is 4.54. The van der Waals surface area contributed by atoms with E-state index in [4.69, 9.17) is 4.74 Å². The third-order valence-corrected chi connectivity index (χ3v) is 6.39. The Morgan fingerprint density at radius 3 is 2.59 bits per heavy atom. The number of amides is 1. The van der Waals surface area contributed by atoms with E-state index in [1.165, 1.54) is 0 Å². The summed E-state index contributed by atoms with van der Waals surface area (Å²) < 4.78 is 5.67. The molecule has 2 aromatic carbocycles. The molecule has 2 aliphatic rings. The Labute approximate surface area is 189 Å². The number of aliphatic hydroxyl groups excluding tert-OH is 1. The van der Waals surface area contributed by atoms with E-state index < -0.39 is 17.7 Å². The van der Waals surface area contributed by atoms with E-state index in [1.54, 1.807) is 11.0 Å². The number of likely N-dealkylation sites (N-methyl/N-ethyl adjacent to an activating group) is 1. The number of aliphatic hydroxyl groups is 1. The molecule has 0 aliphatic carbocycles. The Morgan fingerprint density at radius 2 is 1.88 bits per heavy atom. The molecule has 2 aromatic rings. The predicted octanol–water partition coefficient (Wildman–Crippen LogP) is 3.78. The molecule has 1 atom stereocenters. The van der Waals surface area contributed by atoms with Crippen molar-refractivity contribution in [1.29, 1.82) is 0 Å². The van der Waals surface area contributed by atoms with E-state index >= 15 is 0 Å². The van der Waals surface area contributed by atoms with E-state index in [0.717, 1.165) is 42.8 Å². The number of fused-ring (bicyclic) bond motifs is 1.